The Balaban J connectivity index is 2.29. The molecule has 1 unspecified atom stereocenters. The first-order valence-corrected chi connectivity index (χ1v) is 9.40. The zero-order valence-corrected chi connectivity index (χ0v) is 14.3. The zero-order valence-electron chi connectivity index (χ0n) is 12.6. The summed E-state index contributed by atoms with van der Waals surface area (Å²) in [6.07, 6.45) is 2.19. The Kier molecular flexibility index (Phi) is 4.89. The van der Waals surface area contributed by atoms with Crippen molar-refractivity contribution in [1.82, 2.24) is 9.62 Å². The van der Waals surface area contributed by atoms with Crippen LogP contribution in [0.5, 0.6) is 0 Å². The van der Waals surface area contributed by atoms with Crippen LogP contribution >= 0.6 is 11.3 Å². The van der Waals surface area contributed by atoms with Crippen molar-refractivity contribution in [3.8, 4) is 0 Å². The Hall–Kier alpha value is -0.430. The Labute approximate surface area is 126 Å². The molecule has 4 nitrogen and oxygen atoms in total. The van der Waals surface area contributed by atoms with Gasteiger partial charge in [0.1, 0.15) is 0 Å². The summed E-state index contributed by atoms with van der Waals surface area (Å²) in [5.74, 6) is 0. The maximum absolute atomic E-state index is 12.9. The van der Waals surface area contributed by atoms with E-state index < -0.39 is 10.0 Å². The van der Waals surface area contributed by atoms with E-state index in [1.54, 1.807) is 21.7 Å². The van der Waals surface area contributed by atoms with Gasteiger partial charge in [-0.2, -0.15) is 4.31 Å². The Bertz CT molecular complexity index is 558. The third-order valence-electron chi connectivity index (χ3n) is 3.72. The van der Waals surface area contributed by atoms with Crippen LogP contribution in [0.4, 0.5) is 0 Å². The fourth-order valence-corrected chi connectivity index (χ4v) is 5.91. The molecule has 0 aromatic carbocycles. The summed E-state index contributed by atoms with van der Waals surface area (Å²) in [5, 5.41) is 3.38. The molecule has 0 amide bonds. The van der Waals surface area contributed by atoms with Gasteiger partial charge >= 0.3 is 0 Å². The van der Waals surface area contributed by atoms with Crippen LogP contribution in [0.2, 0.25) is 0 Å². The van der Waals surface area contributed by atoms with Gasteiger partial charge in [0.2, 0.25) is 10.0 Å². The minimum absolute atomic E-state index is 0.0259. The SMILES string of the molecule is Cc1cc(S(=O)(=O)N(CC2CCCN2)C(C)C)c(C)s1. The fraction of sp³-hybridized carbons (Fsp3) is 0.714. The highest BCUT2D eigenvalue weighted by molar-refractivity contribution is 7.89. The van der Waals surface area contributed by atoms with Gasteiger partial charge in [0, 0.05) is 28.4 Å². The van der Waals surface area contributed by atoms with E-state index in [0.717, 1.165) is 29.1 Å². The molecule has 1 aliphatic rings. The van der Waals surface area contributed by atoms with Crippen molar-refractivity contribution in [2.75, 3.05) is 13.1 Å². The summed E-state index contributed by atoms with van der Waals surface area (Å²) in [6.45, 7) is 9.29. The summed E-state index contributed by atoms with van der Waals surface area (Å²) in [7, 11) is -3.39. The van der Waals surface area contributed by atoms with Crippen LogP contribution in [-0.2, 0) is 10.0 Å². The van der Waals surface area contributed by atoms with Crippen LogP contribution in [-0.4, -0.2) is 37.9 Å². The lowest BCUT2D eigenvalue weighted by Gasteiger charge is -2.28. The van der Waals surface area contributed by atoms with Crippen molar-refractivity contribution in [2.45, 2.75) is 57.5 Å². The second kappa shape index (κ2) is 6.13. The molecule has 2 rings (SSSR count). The first-order chi connectivity index (χ1) is 9.32. The van der Waals surface area contributed by atoms with Gasteiger partial charge in [-0.25, -0.2) is 8.42 Å². The van der Waals surface area contributed by atoms with Crippen molar-refractivity contribution in [3.05, 3.63) is 15.8 Å². The molecule has 20 heavy (non-hydrogen) atoms. The standard InChI is InChI=1S/C14H24N2O2S2/c1-10(2)16(9-13-6-5-7-15-13)20(17,18)14-8-11(3)19-12(14)4/h8,10,13,15H,5-7,9H2,1-4H3. The molecule has 1 N–H and O–H groups in total. The minimum Gasteiger partial charge on any atom is -0.313 e. The van der Waals surface area contributed by atoms with Crippen molar-refractivity contribution in [3.63, 3.8) is 0 Å². The van der Waals surface area contributed by atoms with Crippen molar-refractivity contribution < 1.29 is 8.42 Å². The summed E-state index contributed by atoms with van der Waals surface area (Å²) in [5.41, 5.74) is 0. The molecule has 6 heteroatoms. The zero-order chi connectivity index (χ0) is 14.9. The molecular formula is C14H24N2O2S2. The van der Waals surface area contributed by atoms with E-state index >= 15 is 0 Å². The Morgan fingerprint density at radius 2 is 2.15 bits per heavy atom. The quantitative estimate of drug-likeness (QED) is 0.908. The molecule has 1 saturated heterocycles. The maximum atomic E-state index is 12.9. The van der Waals surface area contributed by atoms with Crippen LogP contribution < -0.4 is 5.32 Å². The second-order valence-corrected chi connectivity index (χ2v) is 9.06. The van der Waals surface area contributed by atoms with Crippen molar-refractivity contribution in [1.29, 1.82) is 0 Å². The van der Waals surface area contributed by atoms with E-state index in [-0.39, 0.29) is 12.1 Å². The number of rotatable bonds is 5. The number of aryl methyl sites for hydroxylation is 2. The fourth-order valence-electron chi connectivity index (χ4n) is 2.71. The molecule has 0 spiro atoms. The average molecular weight is 316 g/mol. The van der Waals surface area contributed by atoms with Crippen molar-refractivity contribution >= 4 is 21.4 Å². The largest absolute Gasteiger partial charge is 0.313 e. The van der Waals surface area contributed by atoms with Crippen LogP contribution in [0, 0.1) is 13.8 Å². The average Bonchev–Trinajstić information content (AvgIpc) is 2.95. The van der Waals surface area contributed by atoms with Gasteiger partial charge < -0.3 is 5.32 Å². The molecule has 0 radical (unpaired) electrons. The highest BCUT2D eigenvalue weighted by atomic mass is 32.2. The van der Waals surface area contributed by atoms with Gasteiger partial charge in [-0.3, -0.25) is 0 Å². The highest BCUT2D eigenvalue weighted by Gasteiger charge is 2.32. The Morgan fingerprint density at radius 1 is 1.45 bits per heavy atom. The van der Waals surface area contributed by atoms with E-state index in [4.69, 9.17) is 0 Å². The predicted molar refractivity (Wildman–Crippen MR) is 83.8 cm³/mol. The van der Waals surface area contributed by atoms with Crippen molar-refractivity contribution in [2.24, 2.45) is 0 Å². The first kappa shape index (κ1) is 15.9. The molecule has 0 aliphatic carbocycles. The molecular weight excluding hydrogens is 292 g/mol. The molecule has 114 valence electrons. The molecule has 0 bridgehead atoms. The summed E-state index contributed by atoms with van der Waals surface area (Å²) >= 11 is 1.55. The van der Waals surface area contributed by atoms with Gasteiger partial charge in [0.25, 0.3) is 0 Å². The molecule has 1 fully saturated rings. The number of thiophene rings is 1. The Morgan fingerprint density at radius 3 is 2.60 bits per heavy atom. The van der Waals surface area contributed by atoms with Crippen LogP contribution in [0.15, 0.2) is 11.0 Å². The number of hydrogen-bond donors (Lipinski definition) is 1. The molecule has 2 heterocycles. The first-order valence-electron chi connectivity index (χ1n) is 7.14. The summed E-state index contributed by atoms with van der Waals surface area (Å²) in [6, 6.07) is 2.06. The molecule has 1 atom stereocenters. The predicted octanol–water partition coefficient (Wildman–Crippen LogP) is 2.52. The molecule has 1 aromatic rings. The van der Waals surface area contributed by atoms with Crippen LogP contribution in [0.1, 0.15) is 36.4 Å². The normalized spacial score (nSPS) is 20.2. The third kappa shape index (κ3) is 3.24. The lowest BCUT2D eigenvalue weighted by atomic mass is 10.2. The van der Waals surface area contributed by atoms with E-state index in [2.05, 4.69) is 5.32 Å². The lowest BCUT2D eigenvalue weighted by molar-refractivity contribution is 0.322. The monoisotopic (exact) mass is 316 g/mol. The lowest BCUT2D eigenvalue weighted by Crippen LogP contribution is -2.44. The van der Waals surface area contributed by atoms with Crippen LogP contribution in [0.25, 0.3) is 0 Å². The second-order valence-electron chi connectivity index (χ2n) is 5.74. The number of hydrogen-bond acceptors (Lipinski definition) is 4. The van der Waals surface area contributed by atoms with E-state index in [0.29, 0.717) is 11.4 Å². The van der Waals surface area contributed by atoms with Gasteiger partial charge in [0.15, 0.2) is 0 Å². The van der Waals surface area contributed by atoms with E-state index in [1.165, 1.54) is 0 Å². The van der Waals surface area contributed by atoms with Crippen LogP contribution in [0.3, 0.4) is 0 Å². The molecule has 0 saturated carbocycles. The van der Waals surface area contributed by atoms with E-state index in [1.807, 2.05) is 27.7 Å². The van der Waals surface area contributed by atoms with Gasteiger partial charge in [-0.05, 0) is 53.1 Å². The van der Waals surface area contributed by atoms with Gasteiger partial charge in [-0.15, -0.1) is 11.3 Å². The topological polar surface area (TPSA) is 49.4 Å². The van der Waals surface area contributed by atoms with Gasteiger partial charge in [-0.1, -0.05) is 0 Å². The highest BCUT2D eigenvalue weighted by Crippen LogP contribution is 2.29. The third-order valence-corrected chi connectivity index (χ3v) is 6.98. The summed E-state index contributed by atoms with van der Waals surface area (Å²) in [4.78, 5) is 2.41. The summed E-state index contributed by atoms with van der Waals surface area (Å²) < 4.78 is 27.4. The smallest absolute Gasteiger partial charge is 0.244 e. The number of nitrogens with one attached hydrogen (secondary N) is 1. The maximum Gasteiger partial charge on any atom is 0.244 e. The van der Waals surface area contributed by atoms with E-state index in [9.17, 15) is 8.42 Å². The molecule has 1 aromatic heterocycles. The van der Waals surface area contributed by atoms with Gasteiger partial charge in [0.05, 0.1) is 4.90 Å². The molecule has 1 aliphatic heterocycles. The number of nitrogens with zero attached hydrogens (tertiary/aromatic N) is 1. The number of sulfonamides is 1. The minimum atomic E-state index is -3.39.